The first-order valence-corrected chi connectivity index (χ1v) is 37.1. The Morgan fingerprint density at radius 1 is 0.352 bits per heavy atom. The molecule has 0 saturated heterocycles. The highest BCUT2D eigenvalue weighted by Crippen LogP contribution is 2.43. The van der Waals surface area contributed by atoms with Crippen molar-refractivity contribution in [3.8, 4) is 0 Å². The zero-order valence-corrected chi connectivity index (χ0v) is 58.1. The molecule has 502 valence electrons. The van der Waals surface area contributed by atoms with Crippen LogP contribution in [0.1, 0.15) is 284 Å². The number of phosphoric ester groups is 1. The summed E-state index contributed by atoms with van der Waals surface area (Å²) in [7, 11) is 1.47. The summed E-state index contributed by atoms with van der Waals surface area (Å²) in [5, 5.41) is 0. The van der Waals surface area contributed by atoms with E-state index in [9.17, 15) is 19.0 Å². The van der Waals surface area contributed by atoms with E-state index in [2.05, 4.69) is 160 Å². The van der Waals surface area contributed by atoms with Crippen molar-refractivity contribution < 1.29 is 42.1 Å². The second kappa shape index (κ2) is 67.3. The minimum Gasteiger partial charge on any atom is -0.462 e. The lowest BCUT2D eigenvalue weighted by Crippen LogP contribution is -2.37. The predicted octanol–water partition coefficient (Wildman–Crippen LogP) is 23.4. The van der Waals surface area contributed by atoms with Gasteiger partial charge < -0.3 is 18.9 Å². The van der Waals surface area contributed by atoms with Crippen molar-refractivity contribution in [1.82, 2.24) is 0 Å². The minimum atomic E-state index is -4.40. The molecule has 0 saturated carbocycles. The van der Waals surface area contributed by atoms with E-state index in [1.54, 1.807) is 0 Å². The molecule has 0 aromatic carbocycles. The molecule has 0 bridgehead atoms. The van der Waals surface area contributed by atoms with Gasteiger partial charge in [0.25, 0.3) is 0 Å². The lowest BCUT2D eigenvalue weighted by molar-refractivity contribution is -0.870. The maximum atomic E-state index is 12.9. The largest absolute Gasteiger partial charge is 0.472 e. The number of carbonyl (C=O) groups excluding carboxylic acids is 2. The van der Waals surface area contributed by atoms with E-state index >= 15 is 0 Å². The van der Waals surface area contributed by atoms with E-state index in [-0.39, 0.29) is 32.0 Å². The molecule has 0 rings (SSSR count). The van der Waals surface area contributed by atoms with Crippen LogP contribution < -0.4 is 0 Å². The lowest BCUT2D eigenvalue weighted by atomic mass is 10.0. The highest BCUT2D eigenvalue weighted by atomic mass is 31.2. The summed E-state index contributed by atoms with van der Waals surface area (Å²) in [6.07, 6.45) is 99.5. The highest BCUT2D eigenvalue weighted by molar-refractivity contribution is 7.47. The van der Waals surface area contributed by atoms with Gasteiger partial charge in [-0.15, -0.1) is 0 Å². The number of likely N-dealkylation sites (N-methyl/N-ethyl adjacent to an activating group) is 1. The van der Waals surface area contributed by atoms with Crippen LogP contribution in [0.25, 0.3) is 0 Å². The maximum Gasteiger partial charge on any atom is 0.472 e. The third kappa shape index (κ3) is 71.0. The van der Waals surface area contributed by atoms with Crippen molar-refractivity contribution >= 4 is 19.8 Å². The van der Waals surface area contributed by atoms with Crippen LogP contribution in [-0.2, 0) is 32.7 Å². The van der Waals surface area contributed by atoms with E-state index in [0.29, 0.717) is 17.4 Å². The number of nitrogens with zero attached hydrogens (tertiary/aromatic N) is 1. The summed E-state index contributed by atoms with van der Waals surface area (Å²) in [5.74, 6) is -0.800. The number of hydrogen-bond acceptors (Lipinski definition) is 7. The fourth-order valence-corrected chi connectivity index (χ4v) is 10.2. The van der Waals surface area contributed by atoms with Gasteiger partial charge in [-0.05, 0) is 116 Å². The average molecular weight is 1240 g/mol. The van der Waals surface area contributed by atoms with Crippen molar-refractivity contribution in [3.05, 3.63) is 146 Å². The van der Waals surface area contributed by atoms with Crippen LogP contribution in [-0.4, -0.2) is 74.9 Å². The third-order valence-electron chi connectivity index (χ3n) is 14.9. The zero-order valence-electron chi connectivity index (χ0n) is 57.2. The molecule has 1 N–H and O–H groups in total. The van der Waals surface area contributed by atoms with Gasteiger partial charge in [0.1, 0.15) is 19.8 Å². The van der Waals surface area contributed by atoms with E-state index in [4.69, 9.17) is 18.5 Å². The summed E-state index contributed by atoms with van der Waals surface area (Å²) in [5.41, 5.74) is 0. The Bertz CT molecular complexity index is 2000. The molecule has 10 heteroatoms. The normalized spacial score (nSPS) is 14.0. The molecule has 0 aromatic rings. The van der Waals surface area contributed by atoms with Crippen LogP contribution in [0.2, 0.25) is 0 Å². The Balaban J connectivity index is 4.05. The van der Waals surface area contributed by atoms with E-state index in [0.717, 1.165) is 116 Å². The van der Waals surface area contributed by atoms with Gasteiger partial charge in [-0.3, -0.25) is 18.6 Å². The second-order valence-corrected chi connectivity index (χ2v) is 26.0. The maximum absolute atomic E-state index is 12.9. The van der Waals surface area contributed by atoms with Gasteiger partial charge in [0, 0.05) is 12.8 Å². The Morgan fingerprint density at radius 3 is 0.909 bits per heavy atom. The van der Waals surface area contributed by atoms with Crippen molar-refractivity contribution in [2.45, 2.75) is 290 Å². The van der Waals surface area contributed by atoms with Gasteiger partial charge in [0.15, 0.2) is 6.10 Å². The Kier molecular flexibility index (Phi) is 64.1. The van der Waals surface area contributed by atoms with Crippen molar-refractivity contribution in [3.63, 3.8) is 0 Å². The molecule has 0 aliphatic rings. The molecule has 0 spiro atoms. The molecular weight excluding hydrogens is 1110 g/mol. The van der Waals surface area contributed by atoms with Crippen molar-refractivity contribution in [1.29, 1.82) is 0 Å². The molecule has 2 atom stereocenters. The number of quaternary nitrogens is 1. The fraction of sp³-hybridized carbons (Fsp3) is 0.667. The first kappa shape index (κ1) is 83.9. The summed E-state index contributed by atoms with van der Waals surface area (Å²) >= 11 is 0. The van der Waals surface area contributed by atoms with Crippen LogP contribution in [0.15, 0.2) is 146 Å². The summed E-state index contributed by atoms with van der Waals surface area (Å²) in [6, 6.07) is 0. The Morgan fingerprint density at radius 2 is 0.614 bits per heavy atom. The van der Waals surface area contributed by atoms with Crippen molar-refractivity contribution in [2.75, 3.05) is 47.5 Å². The quantitative estimate of drug-likeness (QED) is 0.0211. The number of unbranched alkanes of at least 4 members (excludes halogenated alkanes) is 26. The summed E-state index contributed by atoms with van der Waals surface area (Å²) < 4.78 is 34.7. The first-order chi connectivity index (χ1) is 43.0. The smallest absolute Gasteiger partial charge is 0.462 e. The number of rotatable bonds is 64. The van der Waals surface area contributed by atoms with E-state index < -0.39 is 26.5 Å². The fourth-order valence-electron chi connectivity index (χ4n) is 9.50. The summed E-state index contributed by atoms with van der Waals surface area (Å²) in [6.45, 7) is 4.21. The number of hydrogen-bond donors (Lipinski definition) is 1. The topological polar surface area (TPSA) is 108 Å². The number of esters is 2. The van der Waals surface area contributed by atoms with Crippen LogP contribution >= 0.6 is 7.82 Å². The SMILES string of the molecule is CC/C=C\C/C=C\C/C=C\C/C=C\C/C=C\C/C=C\C/C=C\C/C=C\CCCCCCCCCCCCCCCCC(=O)OC(COC(=O)CCCCCCCCCCCCCC/C=C\C/C=C\C/C=C\C/C=C\CC)COP(=O)(O)OCC[N+](C)(C)C. The minimum absolute atomic E-state index is 0.0259. The third-order valence-corrected chi connectivity index (χ3v) is 15.8. The summed E-state index contributed by atoms with van der Waals surface area (Å²) in [4.78, 5) is 35.9. The zero-order chi connectivity index (χ0) is 64.1. The Hall–Kier alpha value is -4.11. The molecule has 0 aliphatic carbocycles. The molecule has 2 unspecified atom stereocenters. The molecule has 0 fully saturated rings. The molecule has 9 nitrogen and oxygen atoms in total. The molecule has 0 aromatic heterocycles. The van der Waals surface area contributed by atoms with Gasteiger partial charge in [-0.2, -0.15) is 0 Å². The highest BCUT2D eigenvalue weighted by Gasteiger charge is 2.27. The van der Waals surface area contributed by atoms with Gasteiger partial charge in [-0.1, -0.05) is 301 Å². The lowest BCUT2D eigenvalue weighted by Gasteiger charge is -2.24. The molecule has 0 amide bonds. The van der Waals surface area contributed by atoms with Crippen LogP contribution in [0, 0.1) is 0 Å². The standard InChI is InChI=1S/C78H132NO8P/c1-6-8-10-12-14-16-18-20-22-24-26-28-30-32-33-34-35-36-37-38-39-40-41-42-43-44-45-47-49-51-53-55-57-59-61-63-65-67-69-71-78(81)87-76(75-86-88(82,83)85-73-72-79(3,4)5)74-84-77(80)70-68-66-64-62-60-58-56-54-52-50-48-46-31-29-27-25-23-21-19-17-15-13-11-9-7-2/h8-11,14-17,20-23,26-29,32-33,35-36,38-39,41-42,76H,6-7,12-13,18-19,24-25,30-31,34,37,40,43-75H2,1-5H3/p+1/b10-8-,11-9-,16-14-,17-15-,22-20-,23-21-,28-26-,29-27-,33-32-,36-35-,39-38-,42-41-. The van der Waals surface area contributed by atoms with E-state index in [1.807, 2.05) is 21.1 Å². The average Bonchev–Trinajstić information content (AvgIpc) is 3.68. The number of allylic oxidation sites excluding steroid dienone is 24. The first-order valence-electron chi connectivity index (χ1n) is 35.6. The second-order valence-electron chi connectivity index (χ2n) is 24.5. The molecule has 88 heavy (non-hydrogen) atoms. The number of ether oxygens (including phenoxy) is 2. The monoisotopic (exact) mass is 1240 g/mol. The van der Waals surface area contributed by atoms with Gasteiger partial charge in [-0.25, -0.2) is 4.57 Å². The Labute approximate surface area is 542 Å². The molecule has 0 heterocycles. The van der Waals surface area contributed by atoms with Gasteiger partial charge in [0.05, 0.1) is 27.7 Å². The van der Waals surface area contributed by atoms with Gasteiger partial charge in [0.2, 0.25) is 0 Å². The van der Waals surface area contributed by atoms with Crippen LogP contribution in [0.3, 0.4) is 0 Å². The van der Waals surface area contributed by atoms with Crippen LogP contribution in [0.5, 0.6) is 0 Å². The molecule has 0 aliphatic heterocycles. The number of phosphoric acid groups is 1. The van der Waals surface area contributed by atoms with Crippen LogP contribution in [0.4, 0.5) is 0 Å². The van der Waals surface area contributed by atoms with Crippen molar-refractivity contribution in [2.24, 2.45) is 0 Å². The molecule has 0 radical (unpaired) electrons. The molecular formula is C78H133NO8P+. The number of carbonyl (C=O) groups is 2. The predicted molar refractivity (Wildman–Crippen MR) is 380 cm³/mol. The van der Waals surface area contributed by atoms with Gasteiger partial charge >= 0.3 is 19.8 Å². The van der Waals surface area contributed by atoms with E-state index in [1.165, 1.54) is 135 Å².